The first-order valence-corrected chi connectivity index (χ1v) is 5.64. The van der Waals surface area contributed by atoms with Gasteiger partial charge < -0.3 is 34.3 Å². The zero-order valence-corrected chi connectivity index (χ0v) is 9.66. The fourth-order valence-electron chi connectivity index (χ4n) is 1.36. The SMILES string of the molecule is OCCC(O)C1OCCOCCOC(CO)O1. The van der Waals surface area contributed by atoms with Crippen molar-refractivity contribution in [3.63, 3.8) is 0 Å². The van der Waals surface area contributed by atoms with Crippen LogP contribution in [0, 0.1) is 0 Å². The molecule has 3 atom stereocenters. The van der Waals surface area contributed by atoms with Gasteiger partial charge >= 0.3 is 0 Å². The van der Waals surface area contributed by atoms with Crippen LogP contribution in [0.5, 0.6) is 0 Å². The summed E-state index contributed by atoms with van der Waals surface area (Å²) in [5.74, 6) is 0. The molecule has 1 aliphatic heterocycles. The van der Waals surface area contributed by atoms with Crippen molar-refractivity contribution < 1.29 is 34.3 Å². The minimum atomic E-state index is -0.975. The van der Waals surface area contributed by atoms with E-state index in [4.69, 9.17) is 29.2 Å². The number of hydrogen-bond acceptors (Lipinski definition) is 7. The van der Waals surface area contributed by atoms with Gasteiger partial charge in [0.15, 0.2) is 12.6 Å². The zero-order chi connectivity index (χ0) is 12.5. The molecule has 1 saturated heterocycles. The summed E-state index contributed by atoms with van der Waals surface area (Å²) in [5, 5.41) is 27.4. The largest absolute Gasteiger partial charge is 0.396 e. The van der Waals surface area contributed by atoms with Gasteiger partial charge in [-0.1, -0.05) is 0 Å². The van der Waals surface area contributed by atoms with Gasteiger partial charge in [-0.15, -0.1) is 0 Å². The van der Waals surface area contributed by atoms with E-state index >= 15 is 0 Å². The second kappa shape index (κ2) is 8.76. The number of hydrogen-bond donors (Lipinski definition) is 3. The lowest BCUT2D eigenvalue weighted by Gasteiger charge is -2.28. The van der Waals surface area contributed by atoms with Crippen LogP contribution >= 0.6 is 0 Å². The van der Waals surface area contributed by atoms with Crippen molar-refractivity contribution in [1.29, 1.82) is 0 Å². The van der Waals surface area contributed by atoms with Crippen LogP contribution < -0.4 is 0 Å². The molecule has 0 aromatic heterocycles. The molecule has 7 heteroatoms. The third kappa shape index (κ3) is 5.73. The van der Waals surface area contributed by atoms with Crippen LogP contribution in [0.2, 0.25) is 0 Å². The van der Waals surface area contributed by atoms with Gasteiger partial charge in [-0.2, -0.15) is 0 Å². The third-order valence-corrected chi connectivity index (χ3v) is 2.22. The van der Waals surface area contributed by atoms with Gasteiger partial charge in [0.25, 0.3) is 0 Å². The number of aliphatic hydroxyl groups excluding tert-OH is 3. The van der Waals surface area contributed by atoms with Crippen molar-refractivity contribution in [3.8, 4) is 0 Å². The topological polar surface area (TPSA) is 97.6 Å². The quantitative estimate of drug-likeness (QED) is 0.557. The summed E-state index contributed by atoms with van der Waals surface area (Å²) >= 11 is 0. The lowest BCUT2D eigenvalue weighted by atomic mass is 10.2. The van der Waals surface area contributed by atoms with E-state index < -0.39 is 18.7 Å². The standard InChI is InChI=1S/C10H20O7/c11-2-1-8(13)10-16-6-4-14-3-5-15-9(7-12)17-10/h8-13H,1-7H2. The van der Waals surface area contributed by atoms with E-state index in [1.807, 2.05) is 0 Å². The molecule has 0 aromatic carbocycles. The van der Waals surface area contributed by atoms with Crippen LogP contribution in [0.3, 0.4) is 0 Å². The molecule has 0 bridgehead atoms. The van der Waals surface area contributed by atoms with E-state index in [0.717, 1.165) is 0 Å². The van der Waals surface area contributed by atoms with Crippen molar-refractivity contribution in [1.82, 2.24) is 0 Å². The average Bonchev–Trinajstić information content (AvgIpc) is 2.35. The zero-order valence-electron chi connectivity index (χ0n) is 9.66. The van der Waals surface area contributed by atoms with Crippen LogP contribution in [-0.2, 0) is 18.9 Å². The highest BCUT2D eigenvalue weighted by Gasteiger charge is 2.25. The highest BCUT2D eigenvalue weighted by Crippen LogP contribution is 2.10. The Labute approximate surface area is 99.9 Å². The molecule has 17 heavy (non-hydrogen) atoms. The molecule has 7 nitrogen and oxygen atoms in total. The Morgan fingerprint density at radius 1 is 1.06 bits per heavy atom. The smallest absolute Gasteiger partial charge is 0.186 e. The van der Waals surface area contributed by atoms with E-state index in [0.29, 0.717) is 19.8 Å². The van der Waals surface area contributed by atoms with Gasteiger partial charge in [-0.05, 0) is 0 Å². The van der Waals surface area contributed by atoms with E-state index in [9.17, 15) is 5.11 Å². The first kappa shape index (κ1) is 14.8. The van der Waals surface area contributed by atoms with Crippen molar-refractivity contribution >= 4 is 0 Å². The summed E-state index contributed by atoms with van der Waals surface area (Å²) in [6.45, 7) is 0.822. The van der Waals surface area contributed by atoms with Crippen molar-refractivity contribution in [3.05, 3.63) is 0 Å². The molecular formula is C10H20O7. The minimum Gasteiger partial charge on any atom is -0.396 e. The van der Waals surface area contributed by atoms with Crippen LogP contribution in [0.4, 0.5) is 0 Å². The molecule has 0 radical (unpaired) electrons. The average molecular weight is 252 g/mol. The maximum absolute atomic E-state index is 9.68. The summed E-state index contributed by atoms with van der Waals surface area (Å²) in [7, 11) is 0. The molecule has 102 valence electrons. The van der Waals surface area contributed by atoms with Gasteiger partial charge in [0, 0.05) is 13.0 Å². The molecule has 0 aliphatic carbocycles. The van der Waals surface area contributed by atoms with E-state index in [1.165, 1.54) is 0 Å². The highest BCUT2D eigenvalue weighted by molar-refractivity contribution is 4.62. The fourth-order valence-corrected chi connectivity index (χ4v) is 1.36. The molecule has 1 aliphatic rings. The first-order valence-electron chi connectivity index (χ1n) is 5.64. The molecular weight excluding hydrogens is 232 g/mol. The predicted octanol–water partition coefficient (Wildman–Crippen LogP) is -1.55. The summed E-state index contributed by atoms with van der Waals surface area (Å²) in [5.41, 5.74) is 0. The molecule has 0 amide bonds. The molecule has 0 spiro atoms. The minimum absolute atomic E-state index is 0.129. The number of aliphatic hydroxyl groups is 3. The summed E-state index contributed by atoms with van der Waals surface area (Å²) < 4.78 is 20.9. The molecule has 1 fully saturated rings. The maximum atomic E-state index is 9.68. The van der Waals surface area contributed by atoms with E-state index in [-0.39, 0.29) is 26.2 Å². The molecule has 1 rings (SSSR count). The number of ether oxygens (including phenoxy) is 4. The van der Waals surface area contributed by atoms with Crippen molar-refractivity contribution in [2.24, 2.45) is 0 Å². The maximum Gasteiger partial charge on any atom is 0.186 e. The van der Waals surface area contributed by atoms with Gasteiger partial charge in [-0.3, -0.25) is 0 Å². The Balaban J connectivity index is 2.49. The second-order valence-corrected chi connectivity index (χ2v) is 3.55. The van der Waals surface area contributed by atoms with Crippen LogP contribution in [-0.4, -0.2) is 73.6 Å². The van der Waals surface area contributed by atoms with Crippen molar-refractivity contribution in [2.45, 2.75) is 25.1 Å². The molecule has 1 heterocycles. The lowest BCUT2D eigenvalue weighted by Crippen LogP contribution is -2.40. The van der Waals surface area contributed by atoms with Crippen LogP contribution in [0.1, 0.15) is 6.42 Å². The van der Waals surface area contributed by atoms with Gasteiger partial charge in [0.05, 0.1) is 33.0 Å². The normalized spacial score (nSPS) is 29.8. The summed E-state index contributed by atoms with van der Waals surface area (Å²) in [4.78, 5) is 0. The van der Waals surface area contributed by atoms with E-state index in [2.05, 4.69) is 0 Å². The number of rotatable bonds is 4. The fraction of sp³-hybridized carbons (Fsp3) is 1.00. The first-order chi connectivity index (χ1) is 8.27. The molecule has 3 unspecified atom stereocenters. The molecule has 0 aromatic rings. The lowest BCUT2D eigenvalue weighted by molar-refractivity contribution is -0.290. The Morgan fingerprint density at radius 3 is 2.41 bits per heavy atom. The predicted molar refractivity (Wildman–Crippen MR) is 56.2 cm³/mol. The Kier molecular flexibility index (Phi) is 7.62. The van der Waals surface area contributed by atoms with Crippen molar-refractivity contribution in [2.75, 3.05) is 39.6 Å². The molecule has 3 N–H and O–H groups in total. The van der Waals surface area contributed by atoms with Gasteiger partial charge in [0.2, 0.25) is 0 Å². The van der Waals surface area contributed by atoms with Crippen LogP contribution in [0.15, 0.2) is 0 Å². The third-order valence-electron chi connectivity index (χ3n) is 2.22. The summed E-state index contributed by atoms with van der Waals surface area (Å²) in [6, 6.07) is 0. The second-order valence-electron chi connectivity index (χ2n) is 3.55. The highest BCUT2D eigenvalue weighted by atomic mass is 16.8. The van der Waals surface area contributed by atoms with Crippen LogP contribution in [0.25, 0.3) is 0 Å². The Bertz CT molecular complexity index is 189. The molecule has 0 saturated carbocycles. The Hall–Kier alpha value is -0.280. The summed E-state index contributed by atoms with van der Waals surface area (Å²) in [6.07, 6.45) is -2.66. The van der Waals surface area contributed by atoms with Gasteiger partial charge in [0.1, 0.15) is 6.10 Å². The Morgan fingerprint density at radius 2 is 1.76 bits per heavy atom. The monoisotopic (exact) mass is 252 g/mol. The van der Waals surface area contributed by atoms with Gasteiger partial charge in [-0.25, -0.2) is 0 Å². The van der Waals surface area contributed by atoms with E-state index in [1.54, 1.807) is 0 Å².